The third-order valence-corrected chi connectivity index (χ3v) is 8.03. The smallest absolute Gasteiger partial charge is 0.462 e. The lowest BCUT2D eigenvalue weighted by Gasteiger charge is -2.20. The molecule has 3 atom stereocenters. The number of allylic oxidation sites excluding steroid dienone is 4. The van der Waals surface area contributed by atoms with Gasteiger partial charge in [0.15, 0.2) is 6.10 Å². The average Bonchev–Trinajstić information content (AvgIpc) is 3.02. The molecule has 0 saturated heterocycles. The van der Waals surface area contributed by atoms with Crippen LogP contribution in [0.15, 0.2) is 24.3 Å². The molecule has 0 rings (SSSR count). The molecule has 45 heavy (non-hydrogen) atoms. The number of aliphatic hydroxyl groups is 2. The van der Waals surface area contributed by atoms with Crippen molar-refractivity contribution >= 4 is 19.8 Å². The predicted molar refractivity (Wildman–Crippen MR) is 178 cm³/mol. The summed E-state index contributed by atoms with van der Waals surface area (Å²) in [6.45, 7) is 2.24. The van der Waals surface area contributed by atoms with E-state index in [1.807, 2.05) is 0 Å². The predicted octanol–water partition coefficient (Wildman–Crippen LogP) is 7.88. The molecule has 3 N–H and O–H groups in total. The van der Waals surface area contributed by atoms with Gasteiger partial charge in [-0.05, 0) is 51.4 Å². The molecule has 11 heteroatoms. The lowest BCUT2D eigenvalue weighted by molar-refractivity contribution is -0.161. The van der Waals surface area contributed by atoms with Crippen LogP contribution < -0.4 is 0 Å². The number of phosphoric acid groups is 1. The summed E-state index contributed by atoms with van der Waals surface area (Å²) in [4.78, 5) is 34.6. The molecule has 0 spiro atoms. The van der Waals surface area contributed by atoms with Gasteiger partial charge in [-0.25, -0.2) is 4.57 Å². The summed E-state index contributed by atoms with van der Waals surface area (Å²) < 4.78 is 32.4. The van der Waals surface area contributed by atoms with Crippen molar-refractivity contribution in [3.63, 3.8) is 0 Å². The van der Waals surface area contributed by atoms with Crippen molar-refractivity contribution in [3.05, 3.63) is 24.3 Å². The first-order chi connectivity index (χ1) is 21.7. The zero-order valence-corrected chi connectivity index (χ0v) is 29.0. The van der Waals surface area contributed by atoms with Crippen molar-refractivity contribution in [2.45, 2.75) is 154 Å². The van der Waals surface area contributed by atoms with Gasteiger partial charge >= 0.3 is 19.8 Å². The molecule has 1 unspecified atom stereocenters. The molecule has 0 radical (unpaired) electrons. The first kappa shape index (κ1) is 43.5. The van der Waals surface area contributed by atoms with E-state index >= 15 is 0 Å². The molecule has 0 bridgehead atoms. The lowest BCUT2D eigenvalue weighted by atomic mass is 10.1. The standard InChI is InChI=1S/C34H63O10P/c1-3-5-7-9-11-13-15-17-19-21-23-25-33(37)41-29-32(30-43-45(39,40)42-28-31(36)27-35)44-34(38)26-24-22-20-18-16-14-12-10-8-6-4-2/h9-12,31-32,35-36H,3-8,13-30H2,1-2H3,(H,39,40)/b11-9-,12-10-/t31-,32+/m0/s1. The van der Waals surface area contributed by atoms with Crippen LogP contribution in [0.5, 0.6) is 0 Å². The zero-order valence-electron chi connectivity index (χ0n) is 28.1. The van der Waals surface area contributed by atoms with Crippen molar-refractivity contribution in [3.8, 4) is 0 Å². The average molecular weight is 663 g/mol. The van der Waals surface area contributed by atoms with Crippen LogP contribution in [0.1, 0.15) is 142 Å². The molecule has 264 valence electrons. The largest absolute Gasteiger partial charge is 0.472 e. The van der Waals surface area contributed by atoms with E-state index < -0.39 is 51.8 Å². The maximum Gasteiger partial charge on any atom is 0.472 e. The summed E-state index contributed by atoms with van der Waals surface area (Å²) in [5, 5.41) is 18.2. The van der Waals surface area contributed by atoms with E-state index in [-0.39, 0.29) is 19.4 Å². The van der Waals surface area contributed by atoms with Crippen molar-refractivity contribution in [1.82, 2.24) is 0 Å². The fraction of sp³-hybridized carbons (Fsp3) is 0.824. The number of ether oxygens (including phenoxy) is 2. The number of unbranched alkanes of at least 4 members (excludes halogenated alkanes) is 14. The summed E-state index contributed by atoms with van der Waals surface area (Å²) in [6, 6.07) is 0. The maximum atomic E-state index is 12.5. The lowest BCUT2D eigenvalue weighted by Crippen LogP contribution is -2.29. The summed E-state index contributed by atoms with van der Waals surface area (Å²) in [5.41, 5.74) is 0. The second-order valence-corrected chi connectivity index (χ2v) is 13.0. The Balaban J connectivity index is 4.46. The van der Waals surface area contributed by atoms with Crippen molar-refractivity contribution in [2.24, 2.45) is 0 Å². The first-order valence-electron chi connectivity index (χ1n) is 17.3. The molecule has 0 aromatic carbocycles. The molecule has 0 aliphatic heterocycles. The van der Waals surface area contributed by atoms with Crippen LogP contribution in [0.25, 0.3) is 0 Å². The van der Waals surface area contributed by atoms with Crippen LogP contribution in [0.2, 0.25) is 0 Å². The van der Waals surface area contributed by atoms with E-state index in [9.17, 15) is 24.2 Å². The first-order valence-corrected chi connectivity index (χ1v) is 18.8. The highest BCUT2D eigenvalue weighted by atomic mass is 31.2. The number of rotatable bonds is 32. The number of hydrogen-bond acceptors (Lipinski definition) is 9. The Bertz CT molecular complexity index is 817. The molecule has 0 heterocycles. The monoisotopic (exact) mass is 662 g/mol. The van der Waals surface area contributed by atoms with Crippen LogP contribution in [0, 0.1) is 0 Å². The second-order valence-electron chi connectivity index (χ2n) is 11.5. The van der Waals surface area contributed by atoms with Gasteiger partial charge in [-0.3, -0.25) is 18.6 Å². The quantitative estimate of drug-likeness (QED) is 0.0281. The van der Waals surface area contributed by atoms with Gasteiger partial charge in [0.25, 0.3) is 0 Å². The third-order valence-electron chi connectivity index (χ3n) is 7.08. The number of phosphoric ester groups is 1. The molecule has 0 saturated carbocycles. The van der Waals surface area contributed by atoms with Crippen molar-refractivity contribution < 1.29 is 47.8 Å². The van der Waals surface area contributed by atoms with Gasteiger partial charge in [-0.1, -0.05) is 102 Å². The Morgan fingerprint density at radius 1 is 0.644 bits per heavy atom. The molecular formula is C34H63O10P. The molecule has 0 aromatic heterocycles. The number of esters is 2. The number of carbonyl (C=O) groups excluding carboxylic acids is 2. The van der Waals surface area contributed by atoms with E-state index in [1.54, 1.807) is 0 Å². The van der Waals surface area contributed by atoms with Gasteiger partial charge in [0.2, 0.25) is 0 Å². The van der Waals surface area contributed by atoms with E-state index in [0.29, 0.717) is 12.8 Å². The molecule has 0 aliphatic carbocycles. The van der Waals surface area contributed by atoms with Gasteiger partial charge < -0.3 is 24.6 Å². The highest BCUT2D eigenvalue weighted by Gasteiger charge is 2.27. The Kier molecular flexibility index (Phi) is 30.0. The SMILES string of the molecule is CCCC/C=C\CCCCCCCC(=O)OC[C@H](COP(=O)(O)OC[C@@H](O)CO)OC(=O)CCCCCCC/C=C\CCCC. The van der Waals surface area contributed by atoms with Gasteiger partial charge in [-0.2, -0.15) is 0 Å². The highest BCUT2D eigenvalue weighted by molar-refractivity contribution is 7.47. The van der Waals surface area contributed by atoms with E-state index in [4.69, 9.17) is 19.1 Å². The Hall–Kier alpha value is -1.55. The fourth-order valence-electron chi connectivity index (χ4n) is 4.31. The minimum absolute atomic E-state index is 0.172. The van der Waals surface area contributed by atoms with E-state index in [2.05, 4.69) is 42.7 Å². The number of aliphatic hydroxyl groups excluding tert-OH is 2. The van der Waals surface area contributed by atoms with E-state index in [1.165, 1.54) is 25.7 Å². The zero-order chi connectivity index (χ0) is 33.4. The van der Waals surface area contributed by atoms with Crippen LogP contribution in [-0.2, 0) is 32.7 Å². The Labute approximate surface area is 272 Å². The van der Waals surface area contributed by atoms with Crippen LogP contribution in [-0.4, -0.2) is 65.7 Å². The van der Waals surface area contributed by atoms with Crippen LogP contribution in [0.4, 0.5) is 0 Å². The van der Waals surface area contributed by atoms with Crippen molar-refractivity contribution in [1.29, 1.82) is 0 Å². The summed E-state index contributed by atoms with van der Waals surface area (Å²) in [7, 11) is -4.61. The molecule has 10 nitrogen and oxygen atoms in total. The molecular weight excluding hydrogens is 599 g/mol. The Morgan fingerprint density at radius 2 is 1.09 bits per heavy atom. The molecule has 0 aromatic rings. The summed E-state index contributed by atoms with van der Waals surface area (Å²) >= 11 is 0. The fourth-order valence-corrected chi connectivity index (χ4v) is 5.10. The molecule has 0 aliphatic rings. The normalized spacial score (nSPS) is 14.5. The minimum atomic E-state index is -4.61. The number of hydrogen-bond donors (Lipinski definition) is 3. The third kappa shape index (κ3) is 30.8. The van der Waals surface area contributed by atoms with Gasteiger partial charge in [0, 0.05) is 12.8 Å². The van der Waals surface area contributed by atoms with Crippen molar-refractivity contribution in [2.75, 3.05) is 26.4 Å². The summed E-state index contributed by atoms with van der Waals surface area (Å²) in [6.07, 6.45) is 25.9. The number of carbonyl (C=O) groups is 2. The van der Waals surface area contributed by atoms with Gasteiger partial charge in [-0.15, -0.1) is 0 Å². The van der Waals surface area contributed by atoms with Crippen LogP contribution in [0.3, 0.4) is 0 Å². The second kappa shape index (κ2) is 31.1. The maximum absolute atomic E-state index is 12.5. The molecule has 0 amide bonds. The molecule has 0 fully saturated rings. The van der Waals surface area contributed by atoms with Gasteiger partial charge in [0.1, 0.15) is 12.7 Å². The van der Waals surface area contributed by atoms with E-state index in [0.717, 1.165) is 77.0 Å². The van der Waals surface area contributed by atoms with Crippen LogP contribution >= 0.6 is 7.82 Å². The summed E-state index contributed by atoms with van der Waals surface area (Å²) in [5.74, 6) is -0.951. The topological polar surface area (TPSA) is 149 Å². The van der Waals surface area contributed by atoms with Gasteiger partial charge in [0.05, 0.1) is 19.8 Å². The Morgan fingerprint density at radius 3 is 1.60 bits per heavy atom. The minimum Gasteiger partial charge on any atom is -0.462 e. The highest BCUT2D eigenvalue weighted by Crippen LogP contribution is 2.43.